The Morgan fingerprint density at radius 3 is 2.33 bits per heavy atom. The molecule has 21 heavy (non-hydrogen) atoms. The lowest BCUT2D eigenvalue weighted by Crippen LogP contribution is -2.40. The highest BCUT2D eigenvalue weighted by Crippen LogP contribution is 2.27. The van der Waals surface area contributed by atoms with Crippen LogP contribution in [0.15, 0.2) is 24.3 Å². The third kappa shape index (κ3) is 5.40. The number of hydrogen-bond acceptors (Lipinski definition) is 2. The largest absolute Gasteiger partial charge is 0.573 e. The Kier molecular flexibility index (Phi) is 5.76. The van der Waals surface area contributed by atoms with Gasteiger partial charge in [0.25, 0.3) is 0 Å². The molecule has 0 bridgehead atoms. The van der Waals surface area contributed by atoms with Crippen LogP contribution >= 0.6 is 11.6 Å². The summed E-state index contributed by atoms with van der Waals surface area (Å²) in [5.74, 6) is 0.448. The zero-order valence-corrected chi connectivity index (χ0v) is 12.5. The second-order valence-corrected chi connectivity index (χ2v) is 5.67. The van der Waals surface area contributed by atoms with Gasteiger partial charge in [-0.25, -0.2) is 0 Å². The number of alkyl halides is 4. The molecule has 1 aliphatic carbocycles. The van der Waals surface area contributed by atoms with Crippen LogP contribution in [0.25, 0.3) is 0 Å². The number of hydrogen-bond donors (Lipinski definition) is 0. The SMILES string of the molecule is FC(F)(F)Oc1ccc(CN(CCCCl)C2CCC2)cc1. The predicted octanol–water partition coefficient (Wildman–Crippen LogP) is 4.57. The molecule has 2 rings (SSSR count). The number of rotatable bonds is 7. The molecule has 1 aromatic carbocycles. The molecule has 2 nitrogen and oxygen atoms in total. The molecule has 6 heteroatoms. The van der Waals surface area contributed by atoms with Gasteiger partial charge in [-0.3, -0.25) is 4.90 Å². The first-order valence-corrected chi connectivity index (χ1v) is 7.66. The van der Waals surface area contributed by atoms with Gasteiger partial charge in [0.05, 0.1) is 0 Å². The lowest BCUT2D eigenvalue weighted by Gasteiger charge is -2.37. The molecule has 1 fully saturated rings. The van der Waals surface area contributed by atoms with E-state index in [1.807, 2.05) is 0 Å². The molecule has 0 amide bonds. The van der Waals surface area contributed by atoms with Crippen LogP contribution in [0.4, 0.5) is 13.2 Å². The lowest BCUT2D eigenvalue weighted by atomic mass is 9.91. The van der Waals surface area contributed by atoms with Crippen molar-refractivity contribution in [2.45, 2.75) is 44.6 Å². The quantitative estimate of drug-likeness (QED) is 0.682. The fourth-order valence-electron chi connectivity index (χ4n) is 2.44. The first-order valence-electron chi connectivity index (χ1n) is 7.12. The third-order valence-corrected chi connectivity index (χ3v) is 3.98. The molecule has 0 saturated heterocycles. The van der Waals surface area contributed by atoms with E-state index in [2.05, 4.69) is 9.64 Å². The van der Waals surface area contributed by atoms with E-state index in [1.54, 1.807) is 12.1 Å². The van der Waals surface area contributed by atoms with Crippen LogP contribution in [-0.2, 0) is 6.54 Å². The van der Waals surface area contributed by atoms with Crippen molar-refractivity contribution >= 4 is 11.6 Å². The van der Waals surface area contributed by atoms with Crippen LogP contribution < -0.4 is 4.74 Å². The first-order chi connectivity index (χ1) is 9.98. The second kappa shape index (κ2) is 7.36. The maximum Gasteiger partial charge on any atom is 0.573 e. The van der Waals surface area contributed by atoms with Gasteiger partial charge in [0, 0.05) is 18.5 Å². The minimum atomic E-state index is -4.64. The number of benzene rings is 1. The minimum absolute atomic E-state index is 0.179. The fourth-order valence-corrected chi connectivity index (χ4v) is 2.56. The van der Waals surface area contributed by atoms with E-state index in [0.717, 1.165) is 25.1 Å². The van der Waals surface area contributed by atoms with E-state index in [4.69, 9.17) is 11.6 Å². The Balaban J connectivity index is 1.93. The smallest absolute Gasteiger partial charge is 0.406 e. The van der Waals surface area contributed by atoms with Gasteiger partial charge >= 0.3 is 6.36 Å². The van der Waals surface area contributed by atoms with Gasteiger partial charge in [0.1, 0.15) is 5.75 Å². The van der Waals surface area contributed by atoms with Crippen molar-refractivity contribution < 1.29 is 17.9 Å². The Hall–Kier alpha value is -0.940. The summed E-state index contributed by atoms with van der Waals surface area (Å²) in [6.45, 7) is 1.67. The highest BCUT2D eigenvalue weighted by Gasteiger charge is 2.31. The van der Waals surface area contributed by atoms with E-state index in [-0.39, 0.29) is 5.75 Å². The van der Waals surface area contributed by atoms with Gasteiger partial charge < -0.3 is 4.74 Å². The third-order valence-electron chi connectivity index (χ3n) is 3.71. The highest BCUT2D eigenvalue weighted by atomic mass is 35.5. The molecule has 1 aliphatic rings. The van der Waals surface area contributed by atoms with E-state index < -0.39 is 6.36 Å². The average Bonchev–Trinajstić information content (AvgIpc) is 2.34. The van der Waals surface area contributed by atoms with Crippen molar-refractivity contribution in [1.29, 1.82) is 0 Å². The first kappa shape index (κ1) is 16.4. The summed E-state index contributed by atoms with van der Waals surface area (Å²) in [6, 6.07) is 6.69. The molecule has 0 aliphatic heterocycles. The van der Waals surface area contributed by atoms with Crippen molar-refractivity contribution in [2.24, 2.45) is 0 Å². The van der Waals surface area contributed by atoms with Crippen LogP contribution in [0, 0.1) is 0 Å². The Bertz CT molecular complexity index is 432. The fraction of sp³-hybridized carbons (Fsp3) is 0.600. The van der Waals surface area contributed by atoms with Crippen molar-refractivity contribution in [3.05, 3.63) is 29.8 Å². The molecule has 0 N–H and O–H groups in total. The Morgan fingerprint density at radius 2 is 1.86 bits per heavy atom. The maximum absolute atomic E-state index is 12.1. The number of nitrogens with zero attached hydrogens (tertiary/aromatic N) is 1. The summed E-state index contributed by atoms with van der Waals surface area (Å²) in [4.78, 5) is 2.37. The van der Waals surface area contributed by atoms with Gasteiger partial charge in [-0.2, -0.15) is 0 Å². The minimum Gasteiger partial charge on any atom is -0.406 e. The van der Waals surface area contributed by atoms with Gasteiger partial charge in [-0.15, -0.1) is 24.8 Å². The van der Waals surface area contributed by atoms with Crippen molar-refractivity contribution in [3.63, 3.8) is 0 Å². The molecule has 0 spiro atoms. The Labute approximate surface area is 127 Å². The van der Waals surface area contributed by atoms with Gasteiger partial charge in [-0.1, -0.05) is 18.6 Å². The van der Waals surface area contributed by atoms with Crippen molar-refractivity contribution in [1.82, 2.24) is 4.90 Å². The summed E-state index contributed by atoms with van der Waals surface area (Å²) in [5.41, 5.74) is 0.992. The summed E-state index contributed by atoms with van der Waals surface area (Å²) >= 11 is 5.75. The van der Waals surface area contributed by atoms with Gasteiger partial charge in [0.15, 0.2) is 0 Å². The molecule has 118 valence electrons. The summed E-state index contributed by atoms with van der Waals surface area (Å²) in [7, 11) is 0. The van der Waals surface area contributed by atoms with E-state index in [9.17, 15) is 13.2 Å². The van der Waals surface area contributed by atoms with Crippen LogP contribution in [0.2, 0.25) is 0 Å². The highest BCUT2D eigenvalue weighted by molar-refractivity contribution is 6.17. The summed E-state index contributed by atoms with van der Waals surface area (Å²) in [5, 5.41) is 0. The topological polar surface area (TPSA) is 12.5 Å². The summed E-state index contributed by atoms with van der Waals surface area (Å²) in [6.07, 6.45) is -0.0807. The average molecular weight is 322 g/mol. The molecule has 0 unspecified atom stereocenters. The van der Waals surface area contributed by atoms with Crippen LogP contribution in [0.3, 0.4) is 0 Å². The Morgan fingerprint density at radius 1 is 1.19 bits per heavy atom. The van der Waals surface area contributed by atoms with E-state index in [0.29, 0.717) is 11.9 Å². The maximum atomic E-state index is 12.1. The zero-order valence-electron chi connectivity index (χ0n) is 11.7. The molecule has 0 atom stereocenters. The number of ether oxygens (including phenoxy) is 1. The van der Waals surface area contributed by atoms with Crippen molar-refractivity contribution in [2.75, 3.05) is 12.4 Å². The molecular weight excluding hydrogens is 303 g/mol. The van der Waals surface area contributed by atoms with Gasteiger partial charge in [0.2, 0.25) is 0 Å². The molecule has 0 heterocycles. The van der Waals surface area contributed by atoms with Crippen molar-refractivity contribution in [3.8, 4) is 5.75 Å². The van der Waals surface area contributed by atoms with Crippen LogP contribution in [0.1, 0.15) is 31.2 Å². The monoisotopic (exact) mass is 321 g/mol. The standard InChI is InChI=1S/C15H19ClF3NO/c16-9-2-10-20(13-3-1-4-13)11-12-5-7-14(8-6-12)21-15(17,18)19/h5-8,13H,1-4,9-11H2. The summed E-state index contributed by atoms with van der Waals surface area (Å²) < 4.78 is 40.2. The predicted molar refractivity (Wildman–Crippen MR) is 76.5 cm³/mol. The zero-order chi connectivity index (χ0) is 15.3. The van der Waals surface area contributed by atoms with E-state index in [1.165, 1.54) is 31.4 Å². The van der Waals surface area contributed by atoms with Crippen LogP contribution in [0.5, 0.6) is 5.75 Å². The van der Waals surface area contributed by atoms with E-state index >= 15 is 0 Å². The van der Waals surface area contributed by atoms with Crippen LogP contribution in [-0.4, -0.2) is 29.7 Å². The molecule has 1 saturated carbocycles. The lowest BCUT2D eigenvalue weighted by molar-refractivity contribution is -0.274. The molecule has 0 radical (unpaired) electrons. The molecule has 1 aromatic rings. The second-order valence-electron chi connectivity index (χ2n) is 5.29. The molecule has 0 aromatic heterocycles. The number of halogens is 4. The molecular formula is C15H19ClF3NO. The normalized spacial score (nSPS) is 16.0. The van der Waals surface area contributed by atoms with Gasteiger partial charge in [-0.05, 0) is 43.5 Å².